The fourth-order valence-corrected chi connectivity index (χ4v) is 7.23. The highest BCUT2D eigenvalue weighted by atomic mass is 32.2. The van der Waals surface area contributed by atoms with Crippen molar-refractivity contribution in [3.05, 3.63) is 54.1 Å². The molecule has 0 unspecified atom stereocenters. The minimum absolute atomic E-state index is 0.0461. The second-order valence-corrected chi connectivity index (χ2v) is 13.1. The zero-order valence-electron chi connectivity index (χ0n) is 19.1. The summed E-state index contributed by atoms with van der Waals surface area (Å²) in [6.07, 6.45) is 6.00. The van der Waals surface area contributed by atoms with Crippen LogP contribution in [0.4, 0.5) is 4.39 Å². The summed E-state index contributed by atoms with van der Waals surface area (Å²) in [6, 6.07) is 8.43. The first-order valence-electron chi connectivity index (χ1n) is 10.6. The van der Waals surface area contributed by atoms with E-state index in [1.54, 1.807) is 18.3 Å². The Morgan fingerprint density at radius 1 is 0.973 bits per heavy atom. The Balaban J connectivity index is 1.53. The summed E-state index contributed by atoms with van der Waals surface area (Å²) < 4.78 is 63.7. The molecule has 37 heavy (non-hydrogen) atoms. The molecule has 6 aromatic rings. The fourth-order valence-electron chi connectivity index (χ4n) is 4.16. The van der Waals surface area contributed by atoms with Crippen LogP contribution in [0.25, 0.3) is 55.2 Å². The normalized spacial score (nSPS) is 12.6. The number of fused-ring (bicyclic) bond motifs is 2. The molecule has 0 saturated carbocycles. The number of H-pyrrole nitrogens is 2. The number of aromatic amines is 2. The summed E-state index contributed by atoms with van der Waals surface area (Å²) in [4.78, 5) is 16.5. The van der Waals surface area contributed by atoms with E-state index in [2.05, 4.69) is 30.1 Å². The van der Waals surface area contributed by atoms with Gasteiger partial charge >= 0.3 is 0 Å². The van der Waals surface area contributed by atoms with Crippen molar-refractivity contribution in [1.29, 1.82) is 0 Å². The first kappa shape index (κ1) is 23.4. The van der Waals surface area contributed by atoms with Crippen LogP contribution in [0.1, 0.15) is 0 Å². The van der Waals surface area contributed by atoms with Gasteiger partial charge in [0.2, 0.25) is 25.0 Å². The van der Waals surface area contributed by atoms with Gasteiger partial charge in [-0.1, -0.05) is 0 Å². The van der Waals surface area contributed by atoms with Crippen molar-refractivity contribution in [2.24, 2.45) is 0 Å². The lowest BCUT2D eigenvalue weighted by molar-refractivity contribution is 0.574. The third-order valence-corrected chi connectivity index (χ3v) is 8.71. The number of nitrogens with one attached hydrogen (secondary N) is 2. The number of thiophene rings is 1. The molecule has 0 aliphatic carbocycles. The Hall–Kier alpha value is -3.95. The first-order chi connectivity index (χ1) is 17.5. The summed E-state index contributed by atoms with van der Waals surface area (Å²) in [7, 11) is -7.95. The van der Waals surface area contributed by atoms with Crippen molar-refractivity contribution in [2.75, 3.05) is 12.5 Å². The van der Waals surface area contributed by atoms with E-state index in [4.69, 9.17) is 0 Å². The highest BCUT2D eigenvalue weighted by Gasteiger charge is 2.26. The highest BCUT2D eigenvalue weighted by molar-refractivity contribution is 7.92. The molecule has 0 radical (unpaired) electrons. The third kappa shape index (κ3) is 3.91. The van der Waals surface area contributed by atoms with Crippen LogP contribution in [-0.4, -0.2) is 63.5 Å². The molecule has 0 fully saturated rings. The van der Waals surface area contributed by atoms with Crippen molar-refractivity contribution >= 4 is 53.3 Å². The molecule has 6 heterocycles. The molecular weight excluding hydrogens is 541 g/mol. The maximum atomic E-state index is 13.7. The maximum absolute atomic E-state index is 13.7. The Kier molecular flexibility index (Phi) is 5.09. The molecule has 0 amide bonds. The lowest BCUT2D eigenvalue weighted by Crippen LogP contribution is -2.17. The number of nitrogens with zero attached hydrogens (tertiary/aromatic N) is 5. The predicted octanol–water partition coefficient (Wildman–Crippen LogP) is 3.44. The molecule has 0 aromatic carbocycles. The monoisotopic (exact) mass is 557 g/mol. The van der Waals surface area contributed by atoms with Crippen LogP contribution in [-0.2, 0) is 19.9 Å². The number of imidazole rings is 1. The topological polar surface area (TPSA) is 156 Å². The zero-order valence-corrected chi connectivity index (χ0v) is 21.5. The SMILES string of the molecule is CS(=O)(=O)c1ncc(-c2cnc3n[nH]c(-c4cc5c(-c6ccc(F)s6)ccnc5[nH]4)c3c2)n1S(C)(=O)=O. The van der Waals surface area contributed by atoms with Crippen LogP contribution in [0.2, 0.25) is 0 Å². The van der Waals surface area contributed by atoms with E-state index in [1.165, 1.54) is 18.5 Å². The summed E-state index contributed by atoms with van der Waals surface area (Å²) in [5.41, 5.74) is 3.31. The smallest absolute Gasteiger partial charge is 0.241 e. The van der Waals surface area contributed by atoms with E-state index in [1.807, 2.05) is 12.1 Å². The van der Waals surface area contributed by atoms with Gasteiger partial charge in [-0.25, -0.2) is 35.8 Å². The molecule has 188 valence electrons. The van der Waals surface area contributed by atoms with Crippen molar-refractivity contribution in [2.45, 2.75) is 5.16 Å². The van der Waals surface area contributed by atoms with Gasteiger partial charge in [-0.05, 0) is 30.3 Å². The lowest BCUT2D eigenvalue weighted by atomic mass is 10.1. The average molecular weight is 558 g/mol. The lowest BCUT2D eigenvalue weighted by Gasteiger charge is -2.08. The van der Waals surface area contributed by atoms with Crippen LogP contribution in [0.5, 0.6) is 0 Å². The third-order valence-electron chi connectivity index (χ3n) is 5.70. The molecule has 2 N–H and O–H groups in total. The second-order valence-electron chi connectivity index (χ2n) is 8.33. The van der Waals surface area contributed by atoms with Crippen molar-refractivity contribution in [3.8, 4) is 33.1 Å². The fraction of sp³-hybridized carbons (Fsp3) is 0.0909. The summed E-state index contributed by atoms with van der Waals surface area (Å²) in [5.74, 6) is 0. The molecule has 0 saturated heterocycles. The van der Waals surface area contributed by atoms with Crippen LogP contribution in [0, 0.1) is 5.13 Å². The zero-order chi connectivity index (χ0) is 26.1. The molecule has 6 rings (SSSR count). The number of hydrogen-bond acceptors (Lipinski definition) is 9. The molecule has 0 atom stereocenters. The second kappa shape index (κ2) is 8.03. The predicted molar refractivity (Wildman–Crippen MR) is 137 cm³/mol. The van der Waals surface area contributed by atoms with E-state index >= 15 is 0 Å². The van der Waals surface area contributed by atoms with Crippen LogP contribution >= 0.6 is 11.3 Å². The minimum Gasteiger partial charge on any atom is -0.338 e. The molecule has 6 aromatic heterocycles. The molecule has 0 aliphatic heterocycles. The van der Waals surface area contributed by atoms with E-state index < -0.39 is 25.0 Å². The Bertz CT molecular complexity index is 2070. The number of hydrogen-bond donors (Lipinski definition) is 2. The quantitative estimate of drug-likeness (QED) is 0.326. The number of aromatic nitrogens is 7. The minimum atomic E-state index is -4.02. The number of sulfone groups is 1. The molecule has 0 spiro atoms. The highest BCUT2D eigenvalue weighted by Crippen LogP contribution is 2.36. The van der Waals surface area contributed by atoms with Crippen molar-refractivity contribution < 1.29 is 21.2 Å². The van der Waals surface area contributed by atoms with Gasteiger partial charge in [0.1, 0.15) is 5.65 Å². The van der Waals surface area contributed by atoms with E-state index in [0.717, 1.165) is 39.7 Å². The van der Waals surface area contributed by atoms with Gasteiger partial charge in [0, 0.05) is 45.4 Å². The maximum Gasteiger partial charge on any atom is 0.241 e. The van der Waals surface area contributed by atoms with E-state index in [9.17, 15) is 21.2 Å². The number of pyridine rings is 2. The van der Waals surface area contributed by atoms with Gasteiger partial charge < -0.3 is 4.98 Å². The van der Waals surface area contributed by atoms with E-state index in [-0.39, 0.29) is 10.8 Å². The number of halogens is 1. The Morgan fingerprint density at radius 2 is 1.78 bits per heavy atom. The van der Waals surface area contributed by atoms with Crippen LogP contribution in [0.3, 0.4) is 0 Å². The van der Waals surface area contributed by atoms with Gasteiger partial charge in [-0.2, -0.15) is 9.49 Å². The number of rotatable bonds is 5. The molecule has 11 nitrogen and oxygen atoms in total. The molecular formula is C22H16FN7O4S3. The summed E-state index contributed by atoms with van der Waals surface area (Å²) in [5, 5.41) is 7.63. The van der Waals surface area contributed by atoms with Gasteiger partial charge in [0.15, 0.2) is 10.8 Å². The van der Waals surface area contributed by atoms with Gasteiger partial charge in [0.25, 0.3) is 0 Å². The average Bonchev–Trinajstić information content (AvgIpc) is 3.60. The van der Waals surface area contributed by atoms with E-state index in [0.29, 0.717) is 37.6 Å². The molecule has 0 aliphatic rings. The van der Waals surface area contributed by atoms with Crippen molar-refractivity contribution in [1.82, 2.24) is 34.1 Å². The standard InChI is InChI=1S/C22H16FN7O4S3/c1-36(31,32)22-26-10-16(30(22)37(2,33)34)11-7-14-19(28-29-21(14)25-9-11)15-8-13-12(5-6-24-20(13)27-15)17-3-4-18(23)35-17/h3-10H,1-2H3,(H,24,27)(H,25,28,29). The molecule has 0 bridgehead atoms. The van der Waals surface area contributed by atoms with Crippen LogP contribution < -0.4 is 0 Å². The van der Waals surface area contributed by atoms with Crippen molar-refractivity contribution in [3.63, 3.8) is 0 Å². The Labute approximate surface area is 213 Å². The largest absolute Gasteiger partial charge is 0.338 e. The summed E-state index contributed by atoms with van der Waals surface area (Å²) in [6.45, 7) is 0. The van der Waals surface area contributed by atoms with Crippen LogP contribution in [0.15, 0.2) is 54.1 Å². The van der Waals surface area contributed by atoms with Gasteiger partial charge in [-0.15, -0.1) is 11.3 Å². The Morgan fingerprint density at radius 3 is 2.49 bits per heavy atom. The van der Waals surface area contributed by atoms with Gasteiger partial charge in [-0.3, -0.25) is 5.10 Å². The molecule has 15 heteroatoms. The first-order valence-corrected chi connectivity index (χ1v) is 15.1. The summed E-state index contributed by atoms with van der Waals surface area (Å²) >= 11 is 1.03. The van der Waals surface area contributed by atoms with Gasteiger partial charge in [0.05, 0.1) is 29.5 Å².